The highest BCUT2D eigenvalue weighted by Crippen LogP contribution is 2.41. The minimum Gasteiger partial charge on any atom is -0.478 e. The van der Waals surface area contributed by atoms with Gasteiger partial charge < -0.3 is 14.3 Å². The minimum absolute atomic E-state index is 0.0313. The quantitative estimate of drug-likeness (QED) is 0.837. The van der Waals surface area contributed by atoms with E-state index in [9.17, 15) is 19.5 Å². The monoisotopic (exact) mass is 293 g/mol. The molecule has 0 bridgehead atoms. The first-order chi connectivity index (χ1) is 9.80. The third-order valence-electron chi connectivity index (χ3n) is 3.40. The third-order valence-corrected chi connectivity index (χ3v) is 3.40. The Balaban J connectivity index is 2.54. The second-order valence-corrected chi connectivity index (χ2v) is 5.12. The van der Waals surface area contributed by atoms with Crippen LogP contribution in [0.2, 0.25) is 0 Å². The molecule has 1 aromatic heterocycles. The van der Waals surface area contributed by atoms with Gasteiger partial charge in [-0.15, -0.1) is 0 Å². The SMILES string of the molecule is COC(=O)C1=C(C(=O)O)C(C)(C)C(=O)N1Cc1ccco1. The van der Waals surface area contributed by atoms with E-state index < -0.39 is 23.3 Å². The van der Waals surface area contributed by atoms with Gasteiger partial charge in [-0.3, -0.25) is 9.69 Å². The van der Waals surface area contributed by atoms with Gasteiger partial charge in [0, 0.05) is 0 Å². The summed E-state index contributed by atoms with van der Waals surface area (Å²) in [7, 11) is 1.13. The highest BCUT2D eigenvalue weighted by Gasteiger charge is 2.51. The molecule has 2 rings (SSSR count). The number of methoxy groups -OCH3 is 1. The Morgan fingerprint density at radius 1 is 1.43 bits per heavy atom. The van der Waals surface area contributed by atoms with Crippen LogP contribution in [-0.2, 0) is 25.7 Å². The summed E-state index contributed by atoms with van der Waals surface area (Å²) in [4.78, 5) is 37.0. The van der Waals surface area contributed by atoms with Crippen LogP contribution in [0.25, 0.3) is 0 Å². The molecule has 0 fully saturated rings. The van der Waals surface area contributed by atoms with Crippen molar-refractivity contribution in [3.05, 3.63) is 35.4 Å². The van der Waals surface area contributed by atoms with Crippen LogP contribution in [0.4, 0.5) is 0 Å². The second-order valence-electron chi connectivity index (χ2n) is 5.12. The molecular formula is C14H15NO6. The van der Waals surface area contributed by atoms with Gasteiger partial charge in [0.25, 0.3) is 0 Å². The van der Waals surface area contributed by atoms with Crippen LogP contribution < -0.4 is 0 Å². The Morgan fingerprint density at radius 2 is 2.10 bits per heavy atom. The fourth-order valence-corrected chi connectivity index (χ4v) is 2.36. The molecule has 1 aromatic rings. The van der Waals surface area contributed by atoms with Gasteiger partial charge in [0.15, 0.2) is 0 Å². The maximum atomic E-state index is 12.5. The van der Waals surface area contributed by atoms with Crippen molar-refractivity contribution in [2.75, 3.05) is 7.11 Å². The van der Waals surface area contributed by atoms with Crippen LogP contribution >= 0.6 is 0 Å². The summed E-state index contributed by atoms with van der Waals surface area (Å²) in [5.74, 6) is -2.24. The summed E-state index contributed by atoms with van der Waals surface area (Å²) < 4.78 is 9.77. The van der Waals surface area contributed by atoms with Crippen LogP contribution in [-0.4, -0.2) is 35.0 Å². The van der Waals surface area contributed by atoms with E-state index in [0.717, 1.165) is 12.0 Å². The summed E-state index contributed by atoms with van der Waals surface area (Å²) in [6, 6.07) is 3.27. The van der Waals surface area contributed by atoms with Crippen LogP contribution in [0.3, 0.4) is 0 Å². The third kappa shape index (κ3) is 2.31. The molecule has 112 valence electrons. The first-order valence-electron chi connectivity index (χ1n) is 6.21. The fraction of sp³-hybridized carbons (Fsp3) is 0.357. The standard InChI is InChI=1S/C14H15NO6/c1-14(2)9(11(16)17)10(12(18)20-3)15(13(14)19)7-8-5-4-6-21-8/h4-6H,7H2,1-3H3,(H,16,17). The molecule has 2 heterocycles. The fourth-order valence-electron chi connectivity index (χ4n) is 2.36. The van der Waals surface area contributed by atoms with Crippen molar-refractivity contribution in [1.82, 2.24) is 4.90 Å². The highest BCUT2D eigenvalue weighted by atomic mass is 16.5. The van der Waals surface area contributed by atoms with Gasteiger partial charge in [-0.05, 0) is 26.0 Å². The Hall–Kier alpha value is -2.57. The largest absolute Gasteiger partial charge is 0.478 e. The van der Waals surface area contributed by atoms with Crippen LogP contribution in [0.5, 0.6) is 0 Å². The molecule has 0 saturated carbocycles. The van der Waals surface area contributed by atoms with E-state index in [-0.39, 0.29) is 17.8 Å². The van der Waals surface area contributed by atoms with Gasteiger partial charge in [0.05, 0.1) is 30.9 Å². The van der Waals surface area contributed by atoms with E-state index in [0.29, 0.717) is 5.76 Å². The molecule has 1 amide bonds. The zero-order valence-corrected chi connectivity index (χ0v) is 11.9. The topological polar surface area (TPSA) is 97.1 Å². The normalized spacial score (nSPS) is 17.3. The van der Waals surface area contributed by atoms with Gasteiger partial charge in [-0.2, -0.15) is 0 Å². The summed E-state index contributed by atoms with van der Waals surface area (Å²) in [5, 5.41) is 9.36. The predicted octanol–water partition coefficient (Wildman–Crippen LogP) is 1.16. The number of carboxylic acid groups (broad SMARTS) is 1. The van der Waals surface area contributed by atoms with Crippen LogP contribution in [0, 0.1) is 5.41 Å². The van der Waals surface area contributed by atoms with Gasteiger partial charge >= 0.3 is 11.9 Å². The molecule has 1 N–H and O–H groups in total. The van der Waals surface area contributed by atoms with Gasteiger partial charge in [0.1, 0.15) is 11.5 Å². The number of ether oxygens (including phenoxy) is 1. The summed E-state index contributed by atoms with van der Waals surface area (Å²) >= 11 is 0. The molecule has 0 unspecified atom stereocenters. The molecular weight excluding hydrogens is 278 g/mol. The highest BCUT2D eigenvalue weighted by molar-refractivity contribution is 6.11. The molecule has 0 atom stereocenters. The van der Waals surface area contributed by atoms with E-state index in [2.05, 4.69) is 4.74 Å². The zero-order chi connectivity index (χ0) is 15.8. The van der Waals surface area contributed by atoms with Crippen molar-refractivity contribution in [3.63, 3.8) is 0 Å². The number of rotatable bonds is 4. The second kappa shape index (κ2) is 5.08. The predicted molar refractivity (Wildman–Crippen MR) is 69.7 cm³/mol. The van der Waals surface area contributed by atoms with E-state index in [1.807, 2.05) is 0 Å². The number of hydrogen-bond acceptors (Lipinski definition) is 5. The molecule has 0 aliphatic carbocycles. The Bertz CT molecular complexity index is 626. The molecule has 0 spiro atoms. The number of furan rings is 1. The lowest BCUT2D eigenvalue weighted by atomic mass is 9.85. The number of amides is 1. The summed E-state index contributed by atoms with van der Waals surface area (Å²) in [6.45, 7) is 2.89. The average molecular weight is 293 g/mol. The minimum atomic E-state index is -1.32. The van der Waals surface area contributed by atoms with E-state index >= 15 is 0 Å². The molecule has 0 saturated heterocycles. The van der Waals surface area contributed by atoms with E-state index in [1.165, 1.54) is 20.1 Å². The summed E-state index contributed by atoms with van der Waals surface area (Å²) in [5.41, 5.74) is -1.84. The van der Waals surface area contributed by atoms with Crippen molar-refractivity contribution in [2.24, 2.45) is 5.41 Å². The lowest BCUT2D eigenvalue weighted by Gasteiger charge is -2.21. The number of carboxylic acids is 1. The maximum Gasteiger partial charge on any atom is 0.355 e. The van der Waals surface area contributed by atoms with Crippen molar-refractivity contribution >= 4 is 17.8 Å². The average Bonchev–Trinajstić information content (AvgIpc) is 2.98. The molecule has 0 aromatic carbocycles. The van der Waals surface area contributed by atoms with Gasteiger partial charge in [-0.1, -0.05) is 0 Å². The lowest BCUT2D eigenvalue weighted by Crippen LogP contribution is -2.34. The maximum absolute atomic E-state index is 12.5. The Kier molecular flexibility index (Phi) is 3.59. The Labute approximate surface area is 120 Å². The summed E-state index contributed by atoms with van der Waals surface area (Å²) in [6.07, 6.45) is 1.43. The molecule has 21 heavy (non-hydrogen) atoms. The molecule has 1 aliphatic heterocycles. The molecule has 1 aliphatic rings. The first kappa shape index (κ1) is 14.8. The van der Waals surface area contributed by atoms with Crippen LogP contribution in [0.1, 0.15) is 19.6 Å². The van der Waals surface area contributed by atoms with Crippen molar-refractivity contribution in [3.8, 4) is 0 Å². The van der Waals surface area contributed by atoms with Crippen molar-refractivity contribution in [1.29, 1.82) is 0 Å². The molecule has 7 nitrogen and oxygen atoms in total. The number of nitrogens with zero attached hydrogens (tertiary/aromatic N) is 1. The molecule has 7 heteroatoms. The number of aliphatic carboxylic acids is 1. The number of carbonyl (C=O) groups is 3. The lowest BCUT2D eigenvalue weighted by molar-refractivity contribution is -0.143. The van der Waals surface area contributed by atoms with Crippen molar-refractivity contribution < 1.29 is 28.6 Å². The Morgan fingerprint density at radius 3 is 2.57 bits per heavy atom. The number of esters is 1. The van der Waals surface area contributed by atoms with Crippen LogP contribution in [0.15, 0.2) is 34.1 Å². The van der Waals surface area contributed by atoms with E-state index in [4.69, 9.17) is 4.42 Å². The van der Waals surface area contributed by atoms with Crippen molar-refractivity contribution in [2.45, 2.75) is 20.4 Å². The first-order valence-corrected chi connectivity index (χ1v) is 6.21. The van der Waals surface area contributed by atoms with Gasteiger partial charge in [-0.25, -0.2) is 9.59 Å². The smallest absolute Gasteiger partial charge is 0.355 e. The molecule has 0 radical (unpaired) electrons. The number of hydrogen-bond donors (Lipinski definition) is 1. The number of carbonyl (C=O) groups excluding carboxylic acids is 2. The van der Waals surface area contributed by atoms with E-state index in [1.54, 1.807) is 12.1 Å². The zero-order valence-electron chi connectivity index (χ0n) is 11.9. The van der Waals surface area contributed by atoms with Gasteiger partial charge in [0.2, 0.25) is 5.91 Å².